The van der Waals surface area contributed by atoms with Crippen molar-refractivity contribution in [1.29, 1.82) is 0 Å². The summed E-state index contributed by atoms with van der Waals surface area (Å²) in [5.41, 5.74) is 7.54. The van der Waals surface area contributed by atoms with Crippen molar-refractivity contribution >= 4 is 11.8 Å². The number of nitrogens with zero attached hydrogens (tertiary/aromatic N) is 2. The third kappa shape index (κ3) is 3.91. The van der Waals surface area contributed by atoms with E-state index in [0.29, 0.717) is 5.16 Å². The molecular formula is C14H18N4OS. The van der Waals surface area contributed by atoms with E-state index in [1.165, 1.54) is 11.8 Å². The van der Waals surface area contributed by atoms with E-state index in [2.05, 4.69) is 21.9 Å². The van der Waals surface area contributed by atoms with Gasteiger partial charge in [0.1, 0.15) is 5.03 Å². The summed E-state index contributed by atoms with van der Waals surface area (Å²) in [4.78, 5) is 23.0. The molecule has 2 aromatic rings. The lowest BCUT2D eigenvalue weighted by Gasteiger charge is -2.07. The Morgan fingerprint density at radius 2 is 2.25 bits per heavy atom. The summed E-state index contributed by atoms with van der Waals surface area (Å²) in [6, 6.07) is 5.30. The Balaban J connectivity index is 2.25. The molecule has 0 aliphatic heterocycles. The highest BCUT2D eigenvalue weighted by Gasteiger charge is 2.06. The minimum atomic E-state index is -0.130. The molecule has 106 valence electrons. The maximum atomic E-state index is 11.6. The minimum Gasteiger partial charge on any atom is -0.324 e. The van der Waals surface area contributed by atoms with E-state index in [1.807, 2.05) is 19.1 Å². The predicted octanol–water partition coefficient (Wildman–Crippen LogP) is 2.29. The monoisotopic (exact) mass is 290 g/mol. The molecule has 0 aromatic carbocycles. The number of hydrogen-bond acceptors (Lipinski definition) is 5. The molecule has 0 saturated carbocycles. The summed E-state index contributed by atoms with van der Waals surface area (Å²) < 4.78 is 0. The Labute approximate surface area is 122 Å². The average molecular weight is 290 g/mol. The molecule has 0 aliphatic rings. The number of aromatic nitrogens is 3. The number of hydrogen-bond donors (Lipinski definition) is 2. The Kier molecular flexibility index (Phi) is 4.92. The fourth-order valence-electron chi connectivity index (χ4n) is 1.78. The molecular weight excluding hydrogens is 272 g/mol. The summed E-state index contributed by atoms with van der Waals surface area (Å²) in [5.74, 6) is 0. The van der Waals surface area contributed by atoms with E-state index in [4.69, 9.17) is 5.73 Å². The molecule has 2 rings (SSSR count). The second-order valence-corrected chi connectivity index (χ2v) is 5.62. The van der Waals surface area contributed by atoms with Gasteiger partial charge in [-0.1, -0.05) is 13.3 Å². The standard InChI is InChI=1S/C14H18N4OS/c1-3-4-11-8-12(19)18-14(17-11)20-13-7-10(9(2)15)5-6-16-13/h5-9H,3-4,15H2,1-2H3,(H,17,18,19). The van der Waals surface area contributed by atoms with Crippen LogP contribution in [-0.2, 0) is 6.42 Å². The number of H-pyrrole nitrogens is 1. The summed E-state index contributed by atoms with van der Waals surface area (Å²) >= 11 is 1.34. The molecule has 0 amide bonds. The lowest BCUT2D eigenvalue weighted by molar-refractivity contribution is 0.804. The van der Waals surface area contributed by atoms with Crippen LogP contribution < -0.4 is 11.3 Å². The van der Waals surface area contributed by atoms with Crippen molar-refractivity contribution in [1.82, 2.24) is 15.0 Å². The third-order valence-electron chi connectivity index (χ3n) is 2.77. The van der Waals surface area contributed by atoms with Crippen LogP contribution in [-0.4, -0.2) is 15.0 Å². The van der Waals surface area contributed by atoms with E-state index in [0.717, 1.165) is 29.1 Å². The van der Waals surface area contributed by atoms with Crippen LogP contribution in [0.2, 0.25) is 0 Å². The van der Waals surface area contributed by atoms with E-state index in [-0.39, 0.29) is 11.6 Å². The van der Waals surface area contributed by atoms with Crippen LogP contribution in [0.15, 0.2) is 39.4 Å². The summed E-state index contributed by atoms with van der Waals surface area (Å²) in [5, 5.41) is 1.34. The molecule has 0 bridgehead atoms. The van der Waals surface area contributed by atoms with Gasteiger partial charge in [0.05, 0.1) is 0 Å². The smallest absolute Gasteiger partial charge is 0.251 e. The molecule has 5 nitrogen and oxygen atoms in total. The fourth-order valence-corrected chi connectivity index (χ4v) is 2.60. The Hall–Kier alpha value is -1.66. The van der Waals surface area contributed by atoms with Gasteiger partial charge < -0.3 is 10.7 Å². The van der Waals surface area contributed by atoms with Crippen LogP contribution in [0, 0.1) is 0 Å². The summed E-state index contributed by atoms with van der Waals surface area (Å²) in [6.07, 6.45) is 3.47. The van der Waals surface area contributed by atoms with Gasteiger partial charge in [0.15, 0.2) is 5.16 Å². The molecule has 1 unspecified atom stereocenters. The molecule has 1 atom stereocenters. The quantitative estimate of drug-likeness (QED) is 0.825. The normalized spacial score (nSPS) is 12.3. The second-order valence-electron chi connectivity index (χ2n) is 4.61. The molecule has 3 N–H and O–H groups in total. The highest BCUT2D eigenvalue weighted by molar-refractivity contribution is 7.99. The molecule has 2 heterocycles. The zero-order chi connectivity index (χ0) is 14.5. The highest BCUT2D eigenvalue weighted by Crippen LogP contribution is 2.24. The van der Waals surface area contributed by atoms with Crippen molar-refractivity contribution in [2.75, 3.05) is 0 Å². The maximum Gasteiger partial charge on any atom is 0.251 e. The first-order valence-corrected chi connectivity index (χ1v) is 7.39. The van der Waals surface area contributed by atoms with Gasteiger partial charge in [-0.2, -0.15) is 0 Å². The first-order valence-electron chi connectivity index (χ1n) is 6.58. The van der Waals surface area contributed by atoms with Crippen LogP contribution >= 0.6 is 11.8 Å². The predicted molar refractivity (Wildman–Crippen MR) is 79.8 cm³/mol. The van der Waals surface area contributed by atoms with E-state index < -0.39 is 0 Å². The van der Waals surface area contributed by atoms with Crippen LogP contribution in [0.5, 0.6) is 0 Å². The van der Waals surface area contributed by atoms with Crippen molar-refractivity contribution in [3.8, 4) is 0 Å². The largest absolute Gasteiger partial charge is 0.324 e. The fraction of sp³-hybridized carbons (Fsp3) is 0.357. The maximum absolute atomic E-state index is 11.6. The van der Waals surface area contributed by atoms with Gasteiger partial charge in [0.25, 0.3) is 5.56 Å². The van der Waals surface area contributed by atoms with E-state index in [9.17, 15) is 4.79 Å². The number of nitrogens with one attached hydrogen (secondary N) is 1. The number of pyridine rings is 1. The van der Waals surface area contributed by atoms with Crippen LogP contribution in [0.1, 0.15) is 37.6 Å². The van der Waals surface area contributed by atoms with Crippen molar-refractivity contribution in [2.45, 2.75) is 42.9 Å². The topological polar surface area (TPSA) is 84.7 Å². The molecule has 0 fully saturated rings. The van der Waals surface area contributed by atoms with Gasteiger partial charge >= 0.3 is 0 Å². The number of nitrogens with two attached hydrogens (primary N) is 1. The number of aryl methyl sites for hydroxylation is 1. The molecule has 2 aromatic heterocycles. The van der Waals surface area contributed by atoms with Crippen LogP contribution in [0.4, 0.5) is 0 Å². The number of rotatable bonds is 5. The minimum absolute atomic E-state index is 0.0456. The lowest BCUT2D eigenvalue weighted by atomic mass is 10.1. The Bertz CT molecular complexity index is 639. The molecule has 20 heavy (non-hydrogen) atoms. The first kappa shape index (κ1) is 14.7. The van der Waals surface area contributed by atoms with Crippen molar-refractivity contribution in [2.24, 2.45) is 5.73 Å². The Morgan fingerprint density at radius 1 is 1.45 bits per heavy atom. The van der Waals surface area contributed by atoms with E-state index in [1.54, 1.807) is 12.3 Å². The SMILES string of the molecule is CCCc1cc(=O)[nH]c(Sc2cc(C(C)N)ccn2)n1. The average Bonchev–Trinajstić information content (AvgIpc) is 2.38. The van der Waals surface area contributed by atoms with Crippen LogP contribution in [0.25, 0.3) is 0 Å². The Morgan fingerprint density at radius 3 is 2.95 bits per heavy atom. The molecule has 0 spiro atoms. The van der Waals surface area contributed by atoms with Crippen LogP contribution in [0.3, 0.4) is 0 Å². The van der Waals surface area contributed by atoms with Gasteiger partial charge in [-0.15, -0.1) is 0 Å². The molecule has 0 aliphatic carbocycles. The van der Waals surface area contributed by atoms with Gasteiger partial charge in [0, 0.05) is 24.0 Å². The molecule has 6 heteroatoms. The zero-order valence-corrected chi connectivity index (χ0v) is 12.4. The number of aromatic amines is 1. The molecule has 0 saturated heterocycles. The summed E-state index contributed by atoms with van der Waals surface area (Å²) in [6.45, 7) is 3.98. The van der Waals surface area contributed by atoms with Crippen molar-refractivity contribution in [3.63, 3.8) is 0 Å². The lowest BCUT2D eigenvalue weighted by Crippen LogP contribution is -2.10. The first-order chi connectivity index (χ1) is 9.58. The van der Waals surface area contributed by atoms with Crippen molar-refractivity contribution < 1.29 is 0 Å². The van der Waals surface area contributed by atoms with Gasteiger partial charge in [-0.25, -0.2) is 9.97 Å². The highest BCUT2D eigenvalue weighted by atomic mass is 32.2. The van der Waals surface area contributed by atoms with Gasteiger partial charge in [0.2, 0.25) is 0 Å². The third-order valence-corrected chi connectivity index (χ3v) is 3.58. The molecule has 0 radical (unpaired) electrons. The van der Waals surface area contributed by atoms with Gasteiger partial charge in [-0.3, -0.25) is 4.79 Å². The second kappa shape index (κ2) is 6.67. The van der Waals surface area contributed by atoms with Crippen molar-refractivity contribution in [3.05, 3.63) is 46.0 Å². The summed E-state index contributed by atoms with van der Waals surface area (Å²) in [7, 11) is 0. The zero-order valence-electron chi connectivity index (χ0n) is 11.6. The van der Waals surface area contributed by atoms with E-state index >= 15 is 0 Å². The van der Waals surface area contributed by atoms with Gasteiger partial charge in [-0.05, 0) is 42.8 Å².